The van der Waals surface area contributed by atoms with Crippen LogP contribution in [0.2, 0.25) is 0 Å². The molecule has 0 bridgehead atoms. The summed E-state index contributed by atoms with van der Waals surface area (Å²) < 4.78 is 5.60. The van der Waals surface area contributed by atoms with Gasteiger partial charge in [0.1, 0.15) is 0 Å². The summed E-state index contributed by atoms with van der Waals surface area (Å²) in [5.74, 6) is -0.727. The van der Waals surface area contributed by atoms with E-state index in [0.29, 0.717) is 18.7 Å². The van der Waals surface area contributed by atoms with Crippen LogP contribution >= 0.6 is 0 Å². The van der Waals surface area contributed by atoms with Crippen molar-refractivity contribution < 1.29 is 19.4 Å². The third kappa shape index (κ3) is 3.15. The first-order valence-electron chi connectivity index (χ1n) is 6.98. The number of amides is 1. The molecule has 1 saturated heterocycles. The van der Waals surface area contributed by atoms with E-state index in [1.54, 1.807) is 19.1 Å². The van der Waals surface area contributed by atoms with E-state index in [0.717, 1.165) is 0 Å². The van der Waals surface area contributed by atoms with Gasteiger partial charge in [-0.3, -0.25) is 9.59 Å². The van der Waals surface area contributed by atoms with Gasteiger partial charge in [0.2, 0.25) is 0 Å². The summed E-state index contributed by atoms with van der Waals surface area (Å²) in [5.41, 5.74) is -0.649. The fraction of sp³-hybridized carbons (Fsp3) is 0.533. The lowest BCUT2D eigenvalue weighted by atomic mass is 9.90. The van der Waals surface area contributed by atoms with Crippen LogP contribution in [0, 0.1) is 5.41 Å². The molecule has 1 atom stereocenters. The van der Waals surface area contributed by atoms with Crippen LogP contribution in [0.3, 0.4) is 0 Å². The smallest absolute Gasteiger partial charge is 0.311 e. The highest BCUT2D eigenvalue weighted by molar-refractivity contribution is 5.95. The predicted molar refractivity (Wildman–Crippen MR) is 76.3 cm³/mol. The van der Waals surface area contributed by atoms with Crippen molar-refractivity contribution >= 4 is 11.9 Å². The second kappa shape index (κ2) is 5.71. The van der Waals surface area contributed by atoms with Gasteiger partial charge in [-0.2, -0.15) is 0 Å². The molecular weight excluding hydrogens is 272 g/mol. The number of nitrogens with zero attached hydrogens (tertiary/aromatic N) is 2. The summed E-state index contributed by atoms with van der Waals surface area (Å²) in [5, 5.41) is 9.24. The number of hydrogen-bond acceptors (Lipinski definition) is 4. The van der Waals surface area contributed by atoms with E-state index in [2.05, 4.69) is 4.98 Å². The van der Waals surface area contributed by atoms with Crippen LogP contribution in [0.1, 0.15) is 37.7 Å². The van der Waals surface area contributed by atoms with Crippen LogP contribution in [-0.2, 0) is 4.79 Å². The van der Waals surface area contributed by atoms with Crippen LogP contribution in [0.5, 0.6) is 5.75 Å². The highest BCUT2D eigenvalue weighted by Crippen LogP contribution is 2.31. The van der Waals surface area contributed by atoms with E-state index < -0.39 is 11.4 Å². The molecule has 1 aromatic rings. The zero-order valence-electron chi connectivity index (χ0n) is 12.5. The number of aliphatic carboxylic acids is 1. The summed E-state index contributed by atoms with van der Waals surface area (Å²) in [6.07, 6.45) is 1.91. The minimum atomic E-state index is -0.885. The summed E-state index contributed by atoms with van der Waals surface area (Å²) in [7, 11) is 0. The summed E-state index contributed by atoms with van der Waals surface area (Å²) in [6.45, 7) is 6.02. The first-order chi connectivity index (χ1) is 9.83. The Labute approximate surface area is 123 Å². The molecule has 1 aromatic heterocycles. The highest BCUT2D eigenvalue weighted by Gasteiger charge is 2.42. The molecule has 0 radical (unpaired) electrons. The number of carboxylic acid groups (broad SMARTS) is 1. The molecule has 2 heterocycles. The monoisotopic (exact) mass is 292 g/mol. The van der Waals surface area contributed by atoms with Gasteiger partial charge in [-0.25, -0.2) is 4.98 Å². The Kier molecular flexibility index (Phi) is 4.16. The number of hydrogen-bond donors (Lipinski definition) is 1. The number of aromatic nitrogens is 1. The van der Waals surface area contributed by atoms with E-state index >= 15 is 0 Å². The Balaban J connectivity index is 2.20. The molecule has 1 fully saturated rings. The lowest BCUT2D eigenvalue weighted by Gasteiger charge is -2.21. The third-order valence-electron chi connectivity index (χ3n) is 3.61. The van der Waals surface area contributed by atoms with Crippen molar-refractivity contribution in [3.8, 4) is 5.75 Å². The van der Waals surface area contributed by atoms with Crippen molar-refractivity contribution in [2.24, 2.45) is 5.41 Å². The number of carbonyl (C=O) groups excluding carboxylic acids is 1. The average molecular weight is 292 g/mol. The van der Waals surface area contributed by atoms with E-state index in [4.69, 9.17) is 4.74 Å². The van der Waals surface area contributed by atoms with Gasteiger partial charge in [0.15, 0.2) is 11.4 Å². The minimum absolute atomic E-state index is 0.0661. The second-order valence-electron chi connectivity index (χ2n) is 5.86. The van der Waals surface area contributed by atoms with Crippen LogP contribution in [0.15, 0.2) is 18.3 Å². The van der Waals surface area contributed by atoms with E-state index in [1.807, 2.05) is 13.8 Å². The van der Waals surface area contributed by atoms with Crippen LogP contribution < -0.4 is 4.74 Å². The molecule has 0 aromatic carbocycles. The largest absolute Gasteiger partial charge is 0.489 e. The molecule has 2 rings (SSSR count). The standard InChI is InChI=1S/C15H20N2O4/c1-10(2)21-11-5-4-7-16-12(11)13(18)17-8-6-15(3,9-17)14(19)20/h4-5,7,10H,6,8-9H2,1-3H3,(H,19,20). The van der Waals surface area contributed by atoms with E-state index in [9.17, 15) is 14.7 Å². The number of carboxylic acids is 1. The Morgan fingerprint density at radius 2 is 2.19 bits per heavy atom. The minimum Gasteiger partial charge on any atom is -0.489 e. The Hall–Kier alpha value is -2.11. The number of carbonyl (C=O) groups is 2. The molecule has 1 N–H and O–H groups in total. The Morgan fingerprint density at radius 1 is 1.48 bits per heavy atom. The predicted octanol–water partition coefficient (Wildman–Crippen LogP) is 1.81. The molecule has 0 aliphatic carbocycles. The maximum atomic E-state index is 12.6. The molecule has 114 valence electrons. The molecule has 6 heteroatoms. The van der Waals surface area contributed by atoms with Gasteiger partial charge in [-0.15, -0.1) is 0 Å². The lowest BCUT2D eigenvalue weighted by molar-refractivity contribution is -0.147. The Bertz CT molecular complexity index is 558. The number of likely N-dealkylation sites (tertiary alicyclic amines) is 1. The van der Waals surface area contributed by atoms with E-state index in [-0.39, 0.29) is 24.2 Å². The molecule has 0 saturated carbocycles. The topological polar surface area (TPSA) is 79.7 Å². The molecule has 0 spiro atoms. The molecule has 1 aliphatic rings. The van der Waals surface area contributed by atoms with Gasteiger partial charge in [-0.05, 0) is 39.3 Å². The van der Waals surface area contributed by atoms with Gasteiger partial charge in [0, 0.05) is 19.3 Å². The first-order valence-corrected chi connectivity index (χ1v) is 6.98. The summed E-state index contributed by atoms with van der Waals surface area (Å²) >= 11 is 0. The number of rotatable bonds is 4. The van der Waals surface area contributed by atoms with Gasteiger partial charge in [0.25, 0.3) is 5.91 Å². The SMILES string of the molecule is CC(C)Oc1cccnc1C(=O)N1CCC(C)(C(=O)O)C1. The third-order valence-corrected chi connectivity index (χ3v) is 3.61. The molecule has 21 heavy (non-hydrogen) atoms. The van der Waals surface area contributed by atoms with Crippen molar-refractivity contribution in [1.82, 2.24) is 9.88 Å². The van der Waals surface area contributed by atoms with Crippen molar-refractivity contribution in [3.63, 3.8) is 0 Å². The normalized spacial score (nSPS) is 21.6. The summed E-state index contributed by atoms with van der Waals surface area (Å²) in [6, 6.07) is 3.41. The molecule has 1 amide bonds. The molecule has 6 nitrogen and oxygen atoms in total. The quantitative estimate of drug-likeness (QED) is 0.915. The van der Waals surface area contributed by atoms with Gasteiger partial charge >= 0.3 is 5.97 Å². The first kappa shape index (κ1) is 15.3. The fourth-order valence-electron chi connectivity index (χ4n) is 2.36. The van der Waals surface area contributed by atoms with Crippen molar-refractivity contribution in [3.05, 3.63) is 24.0 Å². The van der Waals surface area contributed by atoms with Crippen molar-refractivity contribution in [1.29, 1.82) is 0 Å². The van der Waals surface area contributed by atoms with E-state index in [1.165, 1.54) is 11.1 Å². The fourth-order valence-corrected chi connectivity index (χ4v) is 2.36. The lowest BCUT2D eigenvalue weighted by Crippen LogP contribution is -2.35. The highest BCUT2D eigenvalue weighted by atomic mass is 16.5. The maximum Gasteiger partial charge on any atom is 0.311 e. The average Bonchev–Trinajstić information content (AvgIpc) is 2.82. The van der Waals surface area contributed by atoms with Crippen LogP contribution in [-0.4, -0.2) is 46.1 Å². The van der Waals surface area contributed by atoms with Crippen molar-refractivity contribution in [2.45, 2.75) is 33.3 Å². The number of pyridine rings is 1. The Morgan fingerprint density at radius 3 is 2.76 bits per heavy atom. The summed E-state index contributed by atoms with van der Waals surface area (Å²) in [4.78, 5) is 29.4. The van der Waals surface area contributed by atoms with Gasteiger partial charge in [-0.1, -0.05) is 0 Å². The maximum absolute atomic E-state index is 12.6. The zero-order valence-corrected chi connectivity index (χ0v) is 12.5. The second-order valence-corrected chi connectivity index (χ2v) is 5.86. The van der Waals surface area contributed by atoms with Crippen LogP contribution in [0.4, 0.5) is 0 Å². The zero-order chi connectivity index (χ0) is 15.6. The molecule has 1 unspecified atom stereocenters. The van der Waals surface area contributed by atoms with Gasteiger partial charge in [0.05, 0.1) is 11.5 Å². The van der Waals surface area contributed by atoms with Crippen molar-refractivity contribution in [2.75, 3.05) is 13.1 Å². The number of ether oxygens (including phenoxy) is 1. The van der Waals surface area contributed by atoms with Gasteiger partial charge < -0.3 is 14.7 Å². The molecular formula is C15H20N2O4. The van der Waals surface area contributed by atoms with Crippen LogP contribution in [0.25, 0.3) is 0 Å². The molecule has 1 aliphatic heterocycles.